The summed E-state index contributed by atoms with van der Waals surface area (Å²) >= 11 is 1.30. The van der Waals surface area contributed by atoms with E-state index in [-0.39, 0.29) is 12.0 Å². The molecule has 0 aliphatic heterocycles. The van der Waals surface area contributed by atoms with E-state index in [9.17, 15) is 4.79 Å². The van der Waals surface area contributed by atoms with Crippen molar-refractivity contribution < 1.29 is 9.90 Å². The van der Waals surface area contributed by atoms with Crippen LogP contribution in [0.1, 0.15) is 15.2 Å². The molecule has 0 atom stereocenters. The van der Waals surface area contributed by atoms with Crippen LogP contribution in [0.5, 0.6) is 0 Å². The normalized spacial score (nSPS) is 9.00. The van der Waals surface area contributed by atoms with Gasteiger partial charge in [0.2, 0.25) is 0 Å². The molecule has 0 spiro atoms. The van der Waals surface area contributed by atoms with Gasteiger partial charge in [0.1, 0.15) is 0 Å². The molecule has 0 bridgehead atoms. The van der Waals surface area contributed by atoms with E-state index in [4.69, 9.17) is 10.4 Å². The molecule has 0 saturated heterocycles. The Hall–Kier alpha value is -1.34. The number of nitrogens with zero attached hydrogens (tertiary/aromatic N) is 1. The first kappa shape index (κ1) is 7.76. The first-order valence-corrected chi connectivity index (χ1v) is 3.80. The van der Waals surface area contributed by atoms with Gasteiger partial charge in [-0.25, -0.2) is 4.79 Å². The maximum atomic E-state index is 10.5. The van der Waals surface area contributed by atoms with E-state index in [1.807, 2.05) is 6.07 Å². The molecule has 0 aromatic carbocycles. The topological polar surface area (TPSA) is 61.1 Å². The van der Waals surface area contributed by atoms with Crippen molar-refractivity contribution in [1.29, 1.82) is 5.26 Å². The zero-order chi connectivity index (χ0) is 8.27. The Bertz CT molecular complexity index is 310. The molecule has 1 N–H and O–H groups in total. The number of thiophene rings is 1. The van der Waals surface area contributed by atoms with Crippen LogP contribution in [-0.2, 0) is 6.42 Å². The summed E-state index contributed by atoms with van der Waals surface area (Å²) in [7, 11) is 0. The first-order chi connectivity index (χ1) is 5.25. The maximum absolute atomic E-state index is 10.5. The SMILES string of the molecule is N#CCc1sccc1C(=O)O. The average Bonchev–Trinajstić information content (AvgIpc) is 2.36. The lowest BCUT2D eigenvalue weighted by molar-refractivity contribution is 0.0696. The Morgan fingerprint density at radius 2 is 2.55 bits per heavy atom. The highest BCUT2D eigenvalue weighted by atomic mass is 32.1. The van der Waals surface area contributed by atoms with Gasteiger partial charge in [-0.05, 0) is 11.4 Å². The van der Waals surface area contributed by atoms with E-state index < -0.39 is 5.97 Å². The van der Waals surface area contributed by atoms with Gasteiger partial charge in [0.05, 0.1) is 18.1 Å². The molecular weight excluding hydrogens is 162 g/mol. The first-order valence-electron chi connectivity index (χ1n) is 2.92. The van der Waals surface area contributed by atoms with Gasteiger partial charge in [-0.15, -0.1) is 11.3 Å². The molecule has 0 aliphatic carbocycles. The molecule has 0 saturated carbocycles. The largest absolute Gasteiger partial charge is 0.478 e. The molecule has 1 aromatic rings. The number of carboxylic acid groups (broad SMARTS) is 1. The quantitative estimate of drug-likeness (QED) is 0.726. The Balaban J connectivity index is 2.98. The van der Waals surface area contributed by atoms with E-state index >= 15 is 0 Å². The van der Waals surface area contributed by atoms with Crippen molar-refractivity contribution in [1.82, 2.24) is 0 Å². The summed E-state index contributed by atoms with van der Waals surface area (Å²) < 4.78 is 0. The molecule has 0 fully saturated rings. The fraction of sp³-hybridized carbons (Fsp3) is 0.143. The predicted octanol–water partition coefficient (Wildman–Crippen LogP) is 1.51. The zero-order valence-corrected chi connectivity index (χ0v) is 6.39. The van der Waals surface area contributed by atoms with Crippen molar-refractivity contribution in [2.75, 3.05) is 0 Å². The van der Waals surface area contributed by atoms with E-state index in [0.29, 0.717) is 4.88 Å². The summed E-state index contributed by atoms with van der Waals surface area (Å²) in [6, 6.07) is 3.43. The Labute approximate surface area is 67.5 Å². The number of aromatic carboxylic acids is 1. The summed E-state index contributed by atoms with van der Waals surface area (Å²) in [5, 5.41) is 18.6. The Morgan fingerprint density at radius 1 is 1.82 bits per heavy atom. The van der Waals surface area contributed by atoms with Crippen LogP contribution in [-0.4, -0.2) is 11.1 Å². The molecule has 1 heterocycles. The van der Waals surface area contributed by atoms with Crippen LogP contribution < -0.4 is 0 Å². The zero-order valence-electron chi connectivity index (χ0n) is 5.57. The fourth-order valence-electron chi connectivity index (χ4n) is 0.740. The molecule has 0 radical (unpaired) electrons. The van der Waals surface area contributed by atoms with Crippen LogP contribution in [0.25, 0.3) is 0 Å². The molecular formula is C7H5NO2S. The van der Waals surface area contributed by atoms with Crippen molar-refractivity contribution in [3.63, 3.8) is 0 Å². The fourth-order valence-corrected chi connectivity index (χ4v) is 1.54. The molecule has 0 aliphatic rings. The second-order valence-corrected chi connectivity index (χ2v) is 2.90. The van der Waals surface area contributed by atoms with Crippen molar-refractivity contribution in [2.24, 2.45) is 0 Å². The smallest absolute Gasteiger partial charge is 0.336 e. The molecule has 0 amide bonds. The molecule has 1 aromatic heterocycles. The van der Waals surface area contributed by atoms with Crippen LogP contribution in [0.15, 0.2) is 11.4 Å². The van der Waals surface area contributed by atoms with Gasteiger partial charge < -0.3 is 5.11 Å². The standard InChI is InChI=1S/C7H5NO2S/c8-3-1-6-5(7(9)10)2-4-11-6/h2,4H,1H2,(H,9,10). The van der Waals surface area contributed by atoms with Gasteiger partial charge in [0, 0.05) is 4.88 Å². The summed E-state index contributed by atoms with van der Waals surface area (Å²) in [5.74, 6) is -0.962. The molecule has 1 rings (SSSR count). The number of hydrogen-bond acceptors (Lipinski definition) is 3. The predicted molar refractivity (Wildman–Crippen MR) is 40.6 cm³/mol. The van der Waals surface area contributed by atoms with Gasteiger partial charge in [-0.3, -0.25) is 0 Å². The van der Waals surface area contributed by atoms with Gasteiger partial charge in [0.25, 0.3) is 0 Å². The van der Waals surface area contributed by atoms with Crippen LogP contribution in [0.3, 0.4) is 0 Å². The third kappa shape index (κ3) is 1.57. The molecule has 4 heteroatoms. The van der Waals surface area contributed by atoms with Crippen LogP contribution in [0.4, 0.5) is 0 Å². The van der Waals surface area contributed by atoms with E-state index in [1.165, 1.54) is 17.4 Å². The summed E-state index contributed by atoms with van der Waals surface area (Å²) in [6.45, 7) is 0. The maximum Gasteiger partial charge on any atom is 0.336 e. The van der Waals surface area contributed by atoms with E-state index in [2.05, 4.69) is 0 Å². The highest BCUT2D eigenvalue weighted by Gasteiger charge is 2.09. The Kier molecular flexibility index (Phi) is 2.24. The van der Waals surface area contributed by atoms with Gasteiger partial charge in [-0.2, -0.15) is 5.26 Å². The molecule has 11 heavy (non-hydrogen) atoms. The van der Waals surface area contributed by atoms with Gasteiger partial charge >= 0.3 is 5.97 Å². The Morgan fingerprint density at radius 3 is 3.09 bits per heavy atom. The highest BCUT2D eigenvalue weighted by Crippen LogP contribution is 2.16. The molecule has 0 unspecified atom stereocenters. The average molecular weight is 167 g/mol. The van der Waals surface area contributed by atoms with Crippen molar-refractivity contribution in [2.45, 2.75) is 6.42 Å². The summed E-state index contributed by atoms with van der Waals surface area (Å²) in [5.41, 5.74) is 0.247. The van der Waals surface area contributed by atoms with E-state index in [1.54, 1.807) is 5.38 Å². The lowest BCUT2D eigenvalue weighted by Gasteiger charge is -1.90. The third-order valence-corrected chi connectivity index (χ3v) is 2.14. The van der Waals surface area contributed by atoms with Crippen molar-refractivity contribution in [3.8, 4) is 6.07 Å². The lowest BCUT2D eigenvalue weighted by Crippen LogP contribution is -1.96. The van der Waals surface area contributed by atoms with Crippen LogP contribution in [0.2, 0.25) is 0 Å². The highest BCUT2D eigenvalue weighted by molar-refractivity contribution is 7.10. The van der Waals surface area contributed by atoms with Crippen LogP contribution in [0, 0.1) is 11.3 Å². The number of nitriles is 1. The minimum atomic E-state index is -0.962. The number of carboxylic acids is 1. The number of carbonyl (C=O) groups is 1. The second kappa shape index (κ2) is 3.17. The minimum absolute atomic E-state index is 0.180. The minimum Gasteiger partial charge on any atom is -0.478 e. The lowest BCUT2D eigenvalue weighted by atomic mass is 10.2. The number of rotatable bonds is 2. The van der Waals surface area contributed by atoms with Crippen molar-refractivity contribution >= 4 is 17.3 Å². The summed E-state index contributed by atoms with van der Waals surface area (Å²) in [4.78, 5) is 11.1. The number of hydrogen-bond donors (Lipinski definition) is 1. The van der Waals surface area contributed by atoms with E-state index in [0.717, 1.165) is 0 Å². The monoisotopic (exact) mass is 167 g/mol. The third-order valence-electron chi connectivity index (χ3n) is 1.22. The second-order valence-electron chi connectivity index (χ2n) is 1.90. The van der Waals surface area contributed by atoms with Gasteiger partial charge in [0.15, 0.2) is 0 Å². The van der Waals surface area contributed by atoms with Gasteiger partial charge in [-0.1, -0.05) is 0 Å². The van der Waals surface area contributed by atoms with Crippen molar-refractivity contribution in [3.05, 3.63) is 21.9 Å². The molecule has 56 valence electrons. The summed E-state index contributed by atoms with van der Waals surface area (Å²) in [6.07, 6.45) is 0.180. The van der Waals surface area contributed by atoms with Crippen LogP contribution >= 0.6 is 11.3 Å². The molecule has 3 nitrogen and oxygen atoms in total.